The molecule has 1 N–H and O–H groups in total. The molecule has 124 valence electrons. The smallest absolute Gasteiger partial charge is 0.299 e. The van der Waals surface area contributed by atoms with Crippen LogP contribution in [-0.4, -0.2) is 34.7 Å². The molecular formula is C15H14N4O5. The lowest BCUT2D eigenvalue weighted by Gasteiger charge is -2.11. The number of amides is 1. The van der Waals surface area contributed by atoms with Crippen molar-refractivity contribution in [2.24, 2.45) is 0 Å². The van der Waals surface area contributed by atoms with Gasteiger partial charge >= 0.3 is 0 Å². The zero-order valence-electron chi connectivity index (χ0n) is 12.9. The van der Waals surface area contributed by atoms with Gasteiger partial charge in [-0.25, -0.2) is 0 Å². The first-order valence-corrected chi connectivity index (χ1v) is 6.81. The van der Waals surface area contributed by atoms with Gasteiger partial charge in [0.25, 0.3) is 17.3 Å². The van der Waals surface area contributed by atoms with Crippen LogP contribution in [0.15, 0.2) is 42.5 Å². The third kappa shape index (κ3) is 3.64. The number of anilines is 2. The molecule has 9 heteroatoms. The van der Waals surface area contributed by atoms with Gasteiger partial charge in [-0.05, 0) is 30.3 Å². The molecule has 0 saturated heterocycles. The number of nitrogens with zero attached hydrogens (tertiary/aromatic N) is 3. The van der Waals surface area contributed by atoms with Crippen molar-refractivity contribution in [3.63, 3.8) is 0 Å². The monoisotopic (exact) mass is 330 g/mol. The van der Waals surface area contributed by atoms with Crippen molar-refractivity contribution in [3.05, 3.63) is 68.3 Å². The van der Waals surface area contributed by atoms with E-state index in [2.05, 4.69) is 5.32 Å². The molecular weight excluding hydrogens is 316 g/mol. The van der Waals surface area contributed by atoms with E-state index in [4.69, 9.17) is 0 Å². The number of carbonyl (C=O) groups is 1. The van der Waals surface area contributed by atoms with Gasteiger partial charge in [0.1, 0.15) is 5.69 Å². The number of hydrogen-bond donors (Lipinski definition) is 1. The van der Waals surface area contributed by atoms with E-state index in [1.165, 1.54) is 17.0 Å². The van der Waals surface area contributed by atoms with Gasteiger partial charge in [0, 0.05) is 31.4 Å². The van der Waals surface area contributed by atoms with Crippen LogP contribution in [0, 0.1) is 20.2 Å². The predicted octanol–water partition coefficient (Wildman–Crippen LogP) is 2.95. The third-order valence-electron chi connectivity index (χ3n) is 3.21. The molecule has 0 aliphatic rings. The molecule has 24 heavy (non-hydrogen) atoms. The summed E-state index contributed by atoms with van der Waals surface area (Å²) < 4.78 is 0. The molecule has 0 fully saturated rings. The van der Waals surface area contributed by atoms with Crippen LogP contribution < -0.4 is 5.32 Å². The van der Waals surface area contributed by atoms with E-state index in [1.807, 2.05) is 0 Å². The summed E-state index contributed by atoms with van der Waals surface area (Å²) in [6.45, 7) is 0. The van der Waals surface area contributed by atoms with E-state index in [0.717, 1.165) is 6.07 Å². The summed E-state index contributed by atoms with van der Waals surface area (Å²) in [7, 11) is 3.27. The van der Waals surface area contributed by atoms with E-state index in [-0.39, 0.29) is 17.3 Å². The highest BCUT2D eigenvalue weighted by Gasteiger charge is 2.19. The summed E-state index contributed by atoms with van der Waals surface area (Å²) in [4.78, 5) is 33.7. The van der Waals surface area contributed by atoms with Gasteiger partial charge in [0.2, 0.25) is 0 Å². The second-order valence-electron chi connectivity index (χ2n) is 5.12. The van der Waals surface area contributed by atoms with E-state index >= 15 is 0 Å². The quantitative estimate of drug-likeness (QED) is 0.665. The van der Waals surface area contributed by atoms with E-state index in [0.29, 0.717) is 11.3 Å². The molecule has 0 aromatic heterocycles. The van der Waals surface area contributed by atoms with Gasteiger partial charge in [-0.15, -0.1) is 0 Å². The molecule has 9 nitrogen and oxygen atoms in total. The molecule has 0 bridgehead atoms. The Balaban J connectivity index is 2.29. The molecule has 0 spiro atoms. The first-order chi connectivity index (χ1) is 11.3. The van der Waals surface area contributed by atoms with Crippen LogP contribution in [0.3, 0.4) is 0 Å². The van der Waals surface area contributed by atoms with E-state index < -0.39 is 15.5 Å². The molecule has 0 heterocycles. The Bertz CT molecular complexity index is 802. The third-order valence-corrected chi connectivity index (χ3v) is 3.21. The Morgan fingerprint density at radius 3 is 2.12 bits per heavy atom. The van der Waals surface area contributed by atoms with Crippen LogP contribution in [0.25, 0.3) is 0 Å². The van der Waals surface area contributed by atoms with Crippen LogP contribution >= 0.6 is 0 Å². The molecule has 2 rings (SSSR count). The van der Waals surface area contributed by atoms with Crippen molar-refractivity contribution in [1.82, 2.24) is 4.90 Å². The van der Waals surface area contributed by atoms with Crippen molar-refractivity contribution < 1.29 is 14.6 Å². The number of nitro groups is 2. The maximum absolute atomic E-state index is 11.8. The van der Waals surface area contributed by atoms with E-state index in [1.54, 1.807) is 38.4 Å². The number of carbonyl (C=O) groups excluding carboxylic acids is 1. The fourth-order valence-electron chi connectivity index (χ4n) is 2.00. The predicted molar refractivity (Wildman–Crippen MR) is 87.5 cm³/mol. The highest BCUT2D eigenvalue weighted by Crippen LogP contribution is 2.31. The Labute approximate surface area is 136 Å². The summed E-state index contributed by atoms with van der Waals surface area (Å²) >= 11 is 0. The Kier molecular flexibility index (Phi) is 4.73. The minimum absolute atomic E-state index is 0.122. The van der Waals surface area contributed by atoms with Gasteiger partial charge in [-0.3, -0.25) is 25.0 Å². The highest BCUT2D eigenvalue weighted by molar-refractivity contribution is 5.94. The van der Waals surface area contributed by atoms with Gasteiger partial charge in [0.15, 0.2) is 0 Å². The average Bonchev–Trinajstić information content (AvgIpc) is 2.54. The normalized spacial score (nSPS) is 10.1. The second kappa shape index (κ2) is 6.73. The maximum Gasteiger partial charge on any atom is 0.299 e. The number of rotatable bonds is 5. The maximum atomic E-state index is 11.8. The lowest BCUT2D eigenvalue weighted by Crippen LogP contribution is -2.21. The van der Waals surface area contributed by atoms with Crippen molar-refractivity contribution in [2.75, 3.05) is 19.4 Å². The average molecular weight is 330 g/mol. The Morgan fingerprint density at radius 2 is 1.62 bits per heavy atom. The Hall–Kier alpha value is -3.49. The molecule has 1 amide bonds. The lowest BCUT2D eigenvalue weighted by atomic mass is 10.1. The summed E-state index contributed by atoms with van der Waals surface area (Å²) in [5, 5.41) is 24.7. The molecule has 0 aliphatic heterocycles. The largest absolute Gasteiger partial charge is 0.350 e. The van der Waals surface area contributed by atoms with Crippen molar-refractivity contribution >= 4 is 28.7 Å². The fourth-order valence-corrected chi connectivity index (χ4v) is 2.00. The summed E-state index contributed by atoms with van der Waals surface area (Å²) in [6, 6.07) is 9.72. The minimum atomic E-state index is -0.696. The zero-order chi connectivity index (χ0) is 17.9. The van der Waals surface area contributed by atoms with E-state index in [9.17, 15) is 25.0 Å². The first kappa shape index (κ1) is 16.9. The molecule has 0 saturated carbocycles. The second-order valence-corrected chi connectivity index (χ2v) is 5.12. The molecule has 2 aromatic carbocycles. The molecule has 0 aliphatic carbocycles. The topological polar surface area (TPSA) is 119 Å². The van der Waals surface area contributed by atoms with Crippen LogP contribution in [0.2, 0.25) is 0 Å². The number of hydrogen-bond acceptors (Lipinski definition) is 6. The zero-order valence-corrected chi connectivity index (χ0v) is 12.9. The van der Waals surface area contributed by atoms with Crippen LogP contribution in [0.5, 0.6) is 0 Å². The number of benzene rings is 2. The van der Waals surface area contributed by atoms with Gasteiger partial charge in [-0.1, -0.05) is 0 Å². The highest BCUT2D eigenvalue weighted by atomic mass is 16.6. The van der Waals surface area contributed by atoms with Gasteiger partial charge in [-0.2, -0.15) is 0 Å². The standard InChI is InChI=1S/C15H14N4O5/c1-17(2)15(20)10-3-5-11(6-4-10)16-13-8-7-12(18(21)22)9-14(13)19(23)24/h3-9,16H,1-2H3. The Morgan fingerprint density at radius 1 is 1.00 bits per heavy atom. The van der Waals surface area contributed by atoms with Crippen LogP contribution in [0.4, 0.5) is 22.7 Å². The SMILES string of the molecule is CN(C)C(=O)c1ccc(Nc2ccc([N+](=O)[O-])cc2[N+](=O)[O-])cc1. The van der Waals surface area contributed by atoms with Gasteiger partial charge < -0.3 is 10.2 Å². The molecule has 0 unspecified atom stereocenters. The lowest BCUT2D eigenvalue weighted by molar-refractivity contribution is -0.393. The minimum Gasteiger partial charge on any atom is -0.350 e. The number of non-ortho nitro benzene ring substituents is 1. The fraction of sp³-hybridized carbons (Fsp3) is 0.133. The molecule has 2 aromatic rings. The number of nitro benzene ring substituents is 2. The van der Waals surface area contributed by atoms with Crippen molar-refractivity contribution in [1.29, 1.82) is 0 Å². The first-order valence-electron chi connectivity index (χ1n) is 6.81. The van der Waals surface area contributed by atoms with Crippen LogP contribution in [-0.2, 0) is 0 Å². The molecule has 0 atom stereocenters. The van der Waals surface area contributed by atoms with Crippen LogP contribution in [0.1, 0.15) is 10.4 Å². The van der Waals surface area contributed by atoms with Crippen molar-refractivity contribution in [3.8, 4) is 0 Å². The molecule has 0 radical (unpaired) electrons. The van der Waals surface area contributed by atoms with Gasteiger partial charge in [0.05, 0.1) is 15.9 Å². The number of nitrogens with one attached hydrogen (secondary N) is 1. The summed E-state index contributed by atoms with van der Waals surface area (Å²) in [5.41, 5.74) is 0.347. The van der Waals surface area contributed by atoms with Crippen molar-refractivity contribution in [2.45, 2.75) is 0 Å². The summed E-state index contributed by atoms with van der Waals surface area (Å²) in [5.74, 6) is -0.164. The summed E-state index contributed by atoms with van der Waals surface area (Å²) in [6.07, 6.45) is 0.